The highest BCUT2D eigenvalue weighted by Crippen LogP contribution is 2.45. The van der Waals surface area contributed by atoms with Gasteiger partial charge in [0.25, 0.3) is 0 Å². The Labute approximate surface area is 255 Å². The number of benzene rings is 1. The number of pyridine rings is 1. The number of fused-ring (bicyclic) bond motifs is 1. The van der Waals surface area contributed by atoms with Crippen LogP contribution in [0.15, 0.2) is 30.3 Å². The zero-order valence-corrected chi connectivity index (χ0v) is 25.1. The van der Waals surface area contributed by atoms with Crippen LogP contribution in [0.1, 0.15) is 60.8 Å². The highest BCUT2D eigenvalue weighted by molar-refractivity contribution is 7.21. The molecule has 2 aliphatic carbocycles. The number of alkyl halides is 3. The second-order valence-corrected chi connectivity index (χ2v) is 12.6. The van der Waals surface area contributed by atoms with Gasteiger partial charge in [-0.25, -0.2) is 9.97 Å². The van der Waals surface area contributed by atoms with Gasteiger partial charge < -0.3 is 30.7 Å². The second kappa shape index (κ2) is 11.7. The molecular formula is C30H33F3N6O4S. The van der Waals surface area contributed by atoms with Gasteiger partial charge in [-0.1, -0.05) is 12.1 Å². The predicted molar refractivity (Wildman–Crippen MR) is 160 cm³/mol. The van der Waals surface area contributed by atoms with Gasteiger partial charge >= 0.3 is 6.36 Å². The minimum atomic E-state index is -4.78. The first-order chi connectivity index (χ1) is 20.9. The quantitative estimate of drug-likeness (QED) is 0.167. The maximum absolute atomic E-state index is 12.6. The lowest BCUT2D eigenvalue weighted by Crippen LogP contribution is -2.35. The smallest absolute Gasteiger partial charge is 0.406 e. The average molecular weight is 631 g/mol. The Balaban J connectivity index is 1.35. The fourth-order valence-corrected chi connectivity index (χ4v) is 6.85. The third-order valence-corrected chi connectivity index (χ3v) is 9.14. The van der Waals surface area contributed by atoms with E-state index in [0.717, 1.165) is 34.4 Å². The number of aromatic nitrogens is 4. The Hall–Kier alpha value is -3.59. The molecule has 2 fully saturated rings. The number of aryl methyl sites for hydroxylation is 2. The van der Waals surface area contributed by atoms with Crippen molar-refractivity contribution in [2.45, 2.75) is 76.6 Å². The monoisotopic (exact) mass is 630 g/mol. The van der Waals surface area contributed by atoms with Crippen LogP contribution in [0, 0.1) is 19.8 Å². The molecule has 0 spiro atoms. The molecule has 3 heterocycles. The lowest BCUT2D eigenvalue weighted by Gasteiger charge is -2.22. The van der Waals surface area contributed by atoms with Crippen LogP contribution in [0.4, 0.5) is 24.9 Å². The summed E-state index contributed by atoms with van der Waals surface area (Å²) in [5.41, 5.74) is 4.70. The van der Waals surface area contributed by atoms with Crippen molar-refractivity contribution in [3.63, 3.8) is 0 Å². The van der Waals surface area contributed by atoms with Crippen molar-refractivity contribution in [2.75, 3.05) is 17.2 Å². The molecular weight excluding hydrogens is 597 g/mol. The van der Waals surface area contributed by atoms with E-state index in [4.69, 9.17) is 19.9 Å². The van der Waals surface area contributed by atoms with Crippen LogP contribution in [0.25, 0.3) is 20.8 Å². The molecule has 1 unspecified atom stereocenters. The molecule has 1 aromatic carbocycles. The highest BCUT2D eigenvalue weighted by atomic mass is 32.1. The SMILES string of the molecule is Cc1cc2sc(-c3c(C)nc(N[C@H](C)c4ccc(OC(F)(F)F)cc4)nc3NC3C[C@H](CO)[C@@H](O)[C@H]3O)nc2c(C2CC2)n1. The van der Waals surface area contributed by atoms with E-state index in [1.54, 1.807) is 0 Å². The standard InChI is InChI=1S/C30H33F3N6O4S/c1-13-10-21-24(23(34-13)17-4-5-17)38-28(44-21)22-15(3)36-29(39-27(22)37-20-11-18(12-40)25(41)26(20)42)35-14(2)16-6-8-19(9-7-16)43-30(31,32)33/h6-10,14,17-18,20,25-26,40-42H,4-5,11-12H2,1-3H3,(H2,35,36,37,39)/t14-,18-,20?,25-,26+/m1/s1. The maximum Gasteiger partial charge on any atom is 0.573 e. The van der Waals surface area contributed by atoms with E-state index >= 15 is 0 Å². The van der Waals surface area contributed by atoms with Gasteiger partial charge in [0, 0.05) is 24.1 Å². The number of ether oxygens (including phenoxy) is 1. The Morgan fingerprint density at radius 2 is 1.77 bits per heavy atom. The molecule has 4 aromatic rings. The lowest BCUT2D eigenvalue weighted by molar-refractivity contribution is -0.274. The largest absolute Gasteiger partial charge is 0.573 e. The van der Waals surface area contributed by atoms with Gasteiger partial charge in [0.1, 0.15) is 28.2 Å². The van der Waals surface area contributed by atoms with Gasteiger partial charge in [0.2, 0.25) is 5.95 Å². The molecule has 0 aliphatic heterocycles. The maximum atomic E-state index is 12.6. The van der Waals surface area contributed by atoms with Crippen molar-refractivity contribution in [3.05, 3.63) is 53.0 Å². The molecule has 234 valence electrons. The summed E-state index contributed by atoms with van der Waals surface area (Å²) in [5.74, 6) is 0.234. The summed E-state index contributed by atoms with van der Waals surface area (Å²) in [6.45, 7) is 5.35. The highest BCUT2D eigenvalue weighted by Gasteiger charge is 2.42. The van der Waals surface area contributed by atoms with Crippen LogP contribution in [-0.4, -0.2) is 66.5 Å². The first-order valence-electron chi connectivity index (χ1n) is 14.4. The average Bonchev–Trinajstić information content (AvgIpc) is 3.66. The van der Waals surface area contributed by atoms with Gasteiger partial charge in [-0.05, 0) is 63.8 Å². The number of halogens is 3. The Morgan fingerprint density at radius 3 is 2.41 bits per heavy atom. The normalized spacial score (nSPS) is 22.8. The van der Waals surface area contributed by atoms with E-state index in [-0.39, 0.29) is 24.3 Å². The summed E-state index contributed by atoms with van der Waals surface area (Å²) < 4.78 is 42.7. The van der Waals surface area contributed by atoms with Gasteiger partial charge in [0.05, 0.1) is 39.8 Å². The van der Waals surface area contributed by atoms with Crippen molar-refractivity contribution in [2.24, 2.45) is 5.92 Å². The van der Waals surface area contributed by atoms with Crippen LogP contribution in [0.2, 0.25) is 0 Å². The fourth-order valence-electron chi connectivity index (χ4n) is 5.68. The van der Waals surface area contributed by atoms with E-state index < -0.39 is 30.5 Å². The molecule has 0 bridgehead atoms. The lowest BCUT2D eigenvalue weighted by atomic mass is 10.1. The number of hydrogen-bond donors (Lipinski definition) is 5. The molecule has 44 heavy (non-hydrogen) atoms. The molecule has 14 heteroatoms. The van der Waals surface area contributed by atoms with Crippen molar-refractivity contribution >= 4 is 33.3 Å². The number of nitrogens with zero attached hydrogens (tertiary/aromatic N) is 4. The van der Waals surface area contributed by atoms with E-state index in [2.05, 4.69) is 15.4 Å². The third kappa shape index (κ3) is 6.29. The van der Waals surface area contributed by atoms with Crippen molar-refractivity contribution in [1.29, 1.82) is 0 Å². The van der Waals surface area contributed by atoms with Crippen LogP contribution in [0.5, 0.6) is 5.75 Å². The van der Waals surface area contributed by atoms with E-state index in [1.165, 1.54) is 35.6 Å². The van der Waals surface area contributed by atoms with Crippen LogP contribution in [-0.2, 0) is 0 Å². The number of rotatable bonds is 9. The minimum absolute atomic E-state index is 0.251. The van der Waals surface area contributed by atoms with Crippen LogP contribution >= 0.6 is 11.3 Å². The molecule has 3 aromatic heterocycles. The molecule has 0 amide bonds. The van der Waals surface area contributed by atoms with E-state index in [1.807, 2.05) is 26.8 Å². The van der Waals surface area contributed by atoms with Crippen molar-refractivity contribution < 1.29 is 33.2 Å². The number of anilines is 2. The topological polar surface area (TPSA) is 146 Å². The van der Waals surface area contributed by atoms with Gasteiger partial charge in [-0.2, -0.15) is 4.98 Å². The molecule has 0 saturated heterocycles. The van der Waals surface area contributed by atoms with Crippen molar-refractivity contribution in [3.8, 4) is 16.3 Å². The first-order valence-corrected chi connectivity index (χ1v) is 15.2. The molecule has 5 N–H and O–H groups in total. The molecule has 10 nitrogen and oxygen atoms in total. The predicted octanol–water partition coefficient (Wildman–Crippen LogP) is 5.23. The van der Waals surface area contributed by atoms with Gasteiger partial charge in [0.15, 0.2) is 0 Å². The van der Waals surface area contributed by atoms with Crippen molar-refractivity contribution in [1.82, 2.24) is 19.9 Å². The summed E-state index contributed by atoms with van der Waals surface area (Å²) in [4.78, 5) is 19.2. The van der Waals surface area contributed by atoms with Crippen LogP contribution < -0.4 is 15.4 Å². The van der Waals surface area contributed by atoms with Gasteiger partial charge in [-0.15, -0.1) is 24.5 Å². The summed E-state index contributed by atoms with van der Waals surface area (Å²) >= 11 is 1.50. The van der Waals surface area contributed by atoms with E-state index in [0.29, 0.717) is 40.0 Å². The summed E-state index contributed by atoms with van der Waals surface area (Å²) in [6.07, 6.45) is -4.52. The zero-order valence-electron chi connectivity index (χ0n) is 24.3. The number of nitrogens with one attached hydrogen (secondary N) is 2. The Kier molecular flexibility index (Phi) is 8.11. The zero-order chi connectivity index (χ0) is 31.3. The second-order valence-electron chi connectivity index (χ2n) is 11.5. The summed E-state index contributed by atoms with van der Waals surface area (Å²) in [5, 5.41) is 38.1. The number of aliphatic hydroxyl groups excluding tert-OH is 3. The number of aliphatic hydroxyl groups is 3. The summed E-state index contributed by atoms with van der Waals surface area (Å²) in [7, 11) is 0. The minimum Gasteiger partial charge on any atom is -0.406 e. The summed E-state index contributed by atoms with van der Waals surface area (Å²) in [6, 6.07) is 6.57. The molecule has 6 rings (SSSR count). The molecule has 0 radical (unpaired) electrons. The Morgan fingerprint density at radius 1 is 1.05 bits per heavy atom. The van der Waals surface area contributed by atoms with Crippen LogP contribution in [0.3, 0.4) is 0 Å². The first kappa shape index (κ1) is 30.4. The molecule has 2 aliphatic rings. The Bertz CT molecular complexity index is 1660. The number of thiazole rings is 1. The number of hydrogen-bond acceptors (Lipinski definition) is 11. The van der Waals surface area contributed by atoms with Gasteiger partial charge in [-0.3, -0.25) is 4.98 Å². The molecule has 2 saturated carbocycles. The molecule has 5 atom stereocenters. The third-order valence-electron chi connectivity index (χ3n) is 8.12. The fraction of sp³-hybridized carbons (Fsp3) is 0.467. The van der Waals surface area contributed by atoms with E-state index in [9.17, 15) is 28.5 Å².